The Bertz CT molecular complexity index is 572. The molecule has 1 amide bonds. The zero-order valence-electron chi connectivity index (χ0n) is 12.0. The lowest BCUT2D eigenvalue weighted by Gasteiger charge is -2.09. The first-order valence-electron chi connectivity index (χ1n) is 6.84. The fraction of sp³-hybridized carbons (Fsp3) is 0.235. The van der Waals surface area contributed by atoms with Crippen LogP contribution < -0.4 is 5.32 Å². The first-order chi connectivity index (χ1) is 10.3. The Kier molecular flexibility index (Phi) is 6.31. The molecule has 110 valence electrons. The molecule has 0 unspecified atom stereocenters. The van der Waals surface area contributed by atoms with Gasteiger partial charge in [-0.1, -0.05) is 42.5 Å². The van der Waals surface area contributed by atoms with Crippen LogP contribution >= 0.6 is 11.8 Å². The molecule has 0 fully saturated rings. The highest BCUT2D eigenvalue weighted by molar-refractivity contribution is 7.98. The summed E-state index contributed by atoms with van der Waals surface area (Å²) in [7, 11) is 1.62. The summed E-state index contributed by atoms with van der Waals surface area (Å²) in [5, 5.41) is 2.86. The largest absolute Gasteiger partial charge is 0.383 e. The van der Waals surface area contributed by atoms with E-state index in [0.717, 1.165) is 16.2 Å². The number of carbonyl (C=O) groups is 1. The van der Waals surface area contributed by atoms with Gasteiger partial charge in [-0.3, -0.25) is 4.79 Å². The molecule has 0 aromatic heterocycles. The molecule has 2 aromatic carbocycles. The Morgan fingerprint density at radius 2 is 1.81 bits per heavy atom. The molecule has 1 N–H and O–H groups in total. The standard InChI is InChI=1S/C17H19NO2S/c1-20-12-11-18-17(19)15-9-5-6-10-16(15)21-13-14-7-3-2-4-8-14/h2-10H,11-13H2,1H3,(H,18,19). The molecule has 0 spiro atoms. The van der Waals surface area contributed by atoms with Gasteiger partial charge in [0.2, 0.25) is 0 Å². The molecule has 4 heteroatoms. The fourth-order valence-corrected chi connectivity index (χ4v) is 2.88. The maximum Gasteiger partial charge on any atom is 0.252 e. The van der Waals surface area contributed by atoms with Crippen molar-refractivity contribution in [2.75, 3.05) is 20.3 Å². The second kappa shape index (κ2) is 8.49. The summed E-state index contributed by atoms with van der Waals surface area (Å²) in [5.41, 5.74) is 1.96. The minimum absolute atomic E-state index is 0.0526. The average Bonchev–Trinajstić information content (AvgIpc) is 2.54. The van der Waals surface area contributed by atoms with E-state index in [1.165, 1.54) is 5.56 Å². The van der Waals surface area contributed by atoms with Crippen molar-refractivity contribution in [2.45, 2.75) is 10.6 Å². The molecule has 2 aromatic rings. The normalized spacial score (nSPS) is 10.3. The quantitative estimate of drug-likeness (QED) is 0.629. The molecule has 0 heterocycles. The van der Waals surface area contributed by atoms with Crippen LogP contribution in [0.25, 0.3) is 0 Å². The Balaban J connectivity index is 2.01. The van der Waals surface area contributed by atoms with Crippen molar-refractivity contribution in [1.29, 1.82) is 0 Å². The van der Waals surface area contributed by atoms with E-state index in [0.29, 0.717) is 13.2 Å². The third-order valence-corrected chi connectivity index (χ3v) is 4.11. The van der Waals surface area contributed by atoms with Gasteiger partial charge >= 0.3 is 0 Å². The molecule has 0 bridgehead atoms. The third-order valence-electron chi connectivity index (χ3n) is 2.96. The number of benzene rings is 2. The van der Waals surface area contributed by atoms with E-state index in [1.54, 1.807) is 18.9 Å². The third kappa shape index (κ3) is 4.92. The molecule has 21 heavy (non-hydrogen) atoms. The number of rotatable bonds is 7. The van der Waals surface area contributed by atoms with Crippen LogP contribution in [0.5, 0.6) is 0 Å². The second-order valence-electron chi connectivity index (χ2n) is 4.52. The molecule has 0 saturated heterocycles. The van der Waals surface area contributed by atoms with Gasteiger partial charge in [-0.2, -0.15) is 0 Å². The van der Waals surface area contributed by atoms with Crippen LogP contribution in [0, 0.1) is 0 Å². The van der Waals surface area contributed by atoms with Crippen LogP contribution in [-0.2, 0) is 10.5 Å². The number of hydrogen-bond acceptors (Lipinski definition) is 3. The van der Waals surface area contributed by atoms with Crippen molar-refractivity contribution < 1.29 is 9.53 Å². The first kappa shape index (κ1) is 15.6. The fourth-order valence-electron chi connectivity index (χ4n) is 1.88. The summed E-state index contributed by atoms with van der Waals surface area (Å²) in [4.78, 5) is 13.2. The highest BCUT2D eigenvalue weighted by Crippen LogP contribution is 2.26. The van der Waals surface area contributed by atoms with Crippen molar-refractivity contribution in [2.24, 2.45) is 0 Å². The lowest BCUT2D eigenvalue weighted by atomic mass is 10.2. The Labute approximate surface area is 129 Å². The smallest absolute Gasteiger partial charge is 0.252 e. The van der Waals surface area contributed by atoms with Crippen molar-refractivity contribution >= 4 is 17.7 Å². The summed E-state index contributed by atoms with van der Waals surface area (Å²) < 4.78 is 4.94. The summed E-state index contributed by atoms with van der Waals surface area (Å²) >= 11 is 1.68. The van der Waals surface area contributed by atoms with Gasteiger partial charge in [0, 0.05) is 24.3 Å². The van der Waals surface area contributed by atoms with Gasteiger partial charge in [0.25, 0.3) is 5.91 Å². The van der Waals surface area contributed by atoms with Crippen LogP contribution in [0.15, 0.2) is 59.5 Å². The van der Waals surface area contributed by atoms with Gasteiger partial charge in [-0.05, 0) is 17.7 Å². The van der Waals surface area contributed by atoms with Gasteiger partial charge in [-0.25, -0.2) is 0 Å². The maximum atomic E-state index is 12.2. The van der Waals surface area contributed by atoms with Crippen molar-refractivity contribution in [1.82, 2.24) is 5.32 Å². The molecule has 0 atom stereocenters. The zero-order chi connectivity index (χ0) is 14.9. The summed E-state index contributed by atoms with van der Waals surface area (Å²) in [6, 6.07) is 17.9. The summed E-state index contributed by atoms with van der Waals surface area (Å²) in [6.45, 7) is 1.04. The molecular formula is C17H19NO2S. The predicted molar refractivity (Wildman–Crippen MR) is 86.7 cm³/mol. The number of nitrogens with one attached hydrogen (secondary N) is 1. The summed E-state index contributed by atoms with van der Waals surface area (Å²) in [6.07, 6.45) is 0. The monoisotopic (exact) mass is 301 g/mol. The van der Waals surface area contributed by atoms with Crippen LogP contribution in [0.3, 0.4) is 0 Å². The number of methoxy groups -OCH3 is 1. The van der Waals surface area contributed by atoms with Gasteiger partial charge < -0.3 is 10.1 Å². The molecule has 0 saturated carbocycles. The van der Waals surface area contributed by atoms with Crippen molar-refractivity contribution in [3.63, 3.8) is 0 Å². The molecule has 0 aliphatic carbocycles. The number of ether oxygens (including phenoxy) is 1. The Morgan fingerprint density at radius 1 is 1.10 bits per heavy atom. The Morgan fingerprint density at radius 3 is 2.57 bits per heavy atom. The molecular weight excluding hydrogens is 282 g/mol. The number of thioether (sulfide) groups is 1. The van der Waals surface area contributed by atoms with E-state index in [4.69, 9.17) is 4.74 Å². The van der Waals surface area contributed by atoms with E-state index in [-0.39, 0.29) is 5.91 Å². The number of amides is 1. The van der Waals surface area contributed by atoms with Crippen LogP contribution in [0.1, 0.15) is 15.9 Å². The van der Waals surface area contributed by atoms with E-state index in [2.05, 4.69) is 17.4 Å². The minimum atomic E-state index is -0.0526. The van der Waals surface area contributed by atoms with Gasteiger partial charge in [0.1, 0.15) is 0 Å². The molecule has 2 rings (SSSR count). The van der Waals surface area contributed by atoms with Crippen LogP contribution in [0.2, 0.25) is 0 Å². The van der Waals surface area contributed by atoms with Crippen molar-refractivity contribution in [3.8, 4) is 0 Å². The van der Waals surface area contributed by atoms with Crippen molar-refractivity contribution in [3.05, 3.63) is 65.7 Å². The SMILES string of the molecule is COCCNC(=O)c1ccccc1SCc1ccccc1. The Hall–Kier alpha value is -1.78. The van der Waals surface area contributed by atoms with Gasteiger partial charge in [0.15, 0.2) is 0 Å². The van der Waals surface area contributed by atoms with E-state index in [1.807, 2.05) is 42.5 Å². The lowest BCUT2D eigenvalue weighted by molar-refractivity contribution is 0.0934. The second-order valence-corrected chi connectivity index (χ2v) is 5.54. The topological polar surface area (TPSA) is 38.3 Å². The maximum absolute atomic E-state index is 12.2. The molecule has 0 aliphatic rings. The highest BCUT2D eigenvalue weighted by atomic mass is 32.2. The highest BCUT2D eigenvalue weighted by Gasteiger charge is 2.10. The number of hydrogen-bond donors (Lipinski definition) is 1. The zero-order valence-corrected chi connectivity index (χ0v) is 12.9. The summed E-state index contributed by atoms with van der Waals surface area (Å²) in [5.74, 6) is 0.798. The molecule has 0 aliphatic heterocycles. The van der Waals surface area contributed by atoms with Gasteiger partial charge in [0.05, 0.1) is 12.2 Å². The average molecular weight is 301 g/mol. The van der Waals surface area contributed by atoms with Crippen LogP contribution in [-0.4, -0.2) is 26.2 Å². The first-order valence-corrected chi connectivity index (χ1v) is 7.82. The molecule has 0 radical (unpaired) electrons. The van der Waals surface area contributed by atoms with Crippen LogP contribution in [0.4, 0.5) is 0 Å². The van der Waals surface area contributed by atoms with E-state index < -0.39 is 0 Å². The lowest BCUT2D eigenvalue weighted by Crippen LogP contribution is -2.27. The molecule has 3 nitrogen and oxygen atoms in total. The minimum Gasteiger partial charge on any atom is -0.383 e. The van der Waals surface area contributed by atoms with E-state index in [9.17, 15) is 4.79 Å². The van der Waals surface area contributed by atoms with E-state index >= 15 is 0 Å². The number of carbonyl (C=O) groups excluding carboxylic acids is 1. The van der Waals surface area contributed by atoms with Gasteiger partial charge in [-0.15, -0.1) is 11.8 Å². The predicted octanol–water partition coefficient (Wildman–Crippen LogP) is 3.36.